The van der Waals surface area contributed by atoms with Crippen molar-refractivity contribution >= 4 is 40.2 Å². The summed E-state index contributed by atoms with van der Waals surface area (Å²) in [6.45, 7) is 1.74. The zero-order chi connectivity index (χ0) is 17.8. The van der Waals surface area contributed by atoms with Gasteiger partial charge in [0, 0.05) is 0 Å². The third-order valence-corrected chi connectivity index (χ3v) is 4.60. The fourth-order valence-corrected chi connectivity index (χ4v) is 3.37. The Balaban J connectivity index is 1.94. The van der Waals surface area contributed by atoms with Crippen molar-refractivity contribution in [3.8, 4) is 0 Å². The molecule has 1 saturated heterocycles. The zero-order valence-electron chi connectivity index (χ0n) is 13.3. The Morgan fingerprint density at radius 1 is 1.28 bits per heavy atom. The summed E-state index contributed by atoms with van der Waals surface area (Å²) < 4.78 is 5.25. The van der Waals surface area contributed by atoms with Crippen molar-refractivity contribution < 1.29 is 19.1 Å². The highest BCUT2D eigenvalue weighted by molar-refractivity contribution is 8.16. The third kappa shape index (κ3) is 3.80. The lowest BCUT2D eigenvalue weighted by Gasteiger charge is -2.15. The minimum Gasteiger partial charge on any atom is -0.481 e. The Kier molecular flexibility index (Phi) is 4.99. The van der Waals surface area contributed by atoms with Crippen LogP contribution in [0.1, 0.15) is 19.1 Å². The lowest BCUT2D eigenvalue weighted by Crippen LogP contribution is -2.32. The normalized spacial score (nSPS) is 19.6. The number of hydrogen-bond acceptors (Lipinski definition) is 6. The first-order chi connectivity index (χ1) is 12.1. The average Bonchev–Trinajstić information content (AvgIpc) is 3.22. The third-order valence-electron chi connectivity index (χ3n) is 3.47. The van der Waals surface area contributed by atoms with Gasteiger partial charge in [-0.25, -0.2) is 0 Å². The van der Waals surface area contributed by atoms with E-state index >= 15 is 0 Å². The molecule has 2 aromatic rings. The van der Waals surface area contributed by atoms with Gasteiger partial charge in [-0.1, -0.05) is 30.0 Å². The minimum absolute atomic E-state index is 0.271. The minimum atomic E-state index is -1.03. The highest BCUT2D eigenvalue weighted by atomic mass is 32.2. The van der Waals surface area contributed by atoms with Gasteiger partial charge in [0.1, 0.15) is 16.7 Å². The molecule has 3 rings (SSSR count). The summed E-state index contributed by atoms with van der Waals surface area (Å²) in [6, 6.07) is 12.5. The summed E-state index contributed by atoms with van der Waals surface area (Å²) >= 11 is 1.10. The highest BCUT2D eigenvalue weighted by Gasteiger charge is 2.40. The average molecular weight is 357 g/mol. The number of nitrogens with zero attached hydrogens (tertiary/aromatic N) is 3. The first-order valence-electron chi connectivity index (χ1n) is 7.50. The number of para-hydroxylation sites is 1. The van der Waals surface area contributed by atoms with Crippen molar-refractivity contribution in [3.05, 3.63) is 54.5 Å². The van der Waals surface area contributed by atoms with E-state index in [9.17, 15) is 9.59 Å². The van der Waals surface area contributed by atoms with E-state index in [1.54, 1.807) is 43.3 Å². The highest BCUT2D eigenvalue weighted by Crippen LogP contribution is 2.33. The van der Waals surface area contributed by atoms with Crippen LogP contribution >= 0.6 is 11.8 Å². The van der Waals surface area contributed by atoms with Crippen LogP contribution in [0.25, 0.3) is 0 Å². The van der Waals surface area contributed by atoms with Gasteiger partial charge in [-0.15, -0.1) is 10.2 Å². The summed E-state index contributed by atoms with van der Waals surface area (Å²) in [4.78, 5) is 25.0. The van der Waals surface area contributed by atoms with Gasteiger partial charge in [0.25, 0.3) is 0 Å². The predicted octanol–water partition coefficient (Wildman–Crippen LogP) is 2.98. The zero-order valence-corrected chi connectivity index (χ0v) is 14.1. The van der Waals surface area contributed by atoms with Crippen LogP contribution < -0.4 is 4.90 Å². The second-order valence-corrected chi connectivity index (χ2v) is 6.43. The SMILES string of the molecule is C/C(=N/N=C1\S[C@H](CC(=O)O)C(=O)N1c1ccccc1)c1ccco1. The smallest absolute Gasteiger partial charge is 0.305 e. The molecule has 1 aromatic heterocycles. The van der Waals surface area contributed by atoms with E-state index in [0.717, 1.165) is 11.8 Å². The van der Waals surface area contributed by atoms with Gasteiger partial charge in [-0.2, -0.15) is 0 Å². The van der Waals surface area contributed by atoms with E-state index < -0.39 is 11.2 Å². The van der Waals surface area contributed by atoms with Gasteiger partial charge in [0.05, 0.1) is 18.4 Å². The van der Waals surface area contributed by atoms with Crippen LogP contribution in [-0.2, 0) is 9.59 Å². The summed E-state index contributed by atoms with van der Waals surface area (Å²) in [5.74, 6) is -0.773. The van der Waals surface area contributed by atoms with Crippen molar-refractivity contribution in [1.82, 2.24) is 0 Å². The molecule has 2 heterocycles. The number of aliphatic carboxylic acids is 1. The molecule has 1 amide bonds. The van der Waals surface area contributed by atoms with Gasteiger partial charge < -0.3 is 9.52 Å². The molecular formula is C17H15N3O4S. The maximum atomic E-state index is 12.6. The number of carboxylic acids is 1. The number of anilines is 1. The molecule has 1 N–H and O–H groups in total. The summed E-state index contributed by atoms with van der Waals surface area (Å²) in [7, 11) is 0. The van der Waals surface area contributed by atoms with Crippen molar-refractivity contribution in [1.29, 1.82) is 0 Å². The molecule has 0 unspecified atom stereocenters. The molecule has 25 heavy (non-hydrogen) atoms. The Morgan fingerprint density at radius 2 is 2.04 bits per heavy atom. The number of amidine groups is 1. The van der Waals surface area contributed by atoms with E-state index in [4.69, 9.17) is 9.52 Å². The van der Waals surface area contributed by atoms with Crippen LogP contribution in [0.15, 0.2) is 63.3 Å². The standard InChI is InChI=1S/C17H15N3O4S/c1-11(13-8-5-9-24-13)18-19-17-20(12-6-3-2-4-7-12)16(23)14(25-17)10-15(21)22/h2-9,14H,10H2,1H3,(H,21,22)/b18-11-,19-17-/t14-/m1/s1. The first kappa shape index (κ1) is 17.0. The van der Waals surface area contributed by atoms with Gasteiger partial charge in [-0.05, 0) is 31.2 Å². The Hall–Kier alpha value is -2.87. The topological polar surface area (TPSA) is 95.5 Å². The number of amides is 1. The maximum Gasteiger partial charge on any atom is 0.305 e. The first-order valence-corrected chi connectivity index (χ1v) is 8.38. The lowest BCUT2D eigenvalue weighted by atomic mass is 10.2. The number of hydrogen-bond donors (Lipinski definition) is 1. The van der Waals surface area contributed by atoms with E-state index in [-0.39, 0.29) is 12.3 Å². The monoisotopic (exact) mass is 357 g/mol. The Bertz CT molecular complexity index is 831. The number of benzene rings is 1. The van der Waals surface area contributed by atoms with Gasteiger partial charge in [-0.3, -0.25) is 14.5 Å². The lowest BCUT2D eigenvalue weighted by molar-refractivity contribution is -0.138. The van der Waals surface area contributed by atoms with Crippen molar-refractivity contribution in [3.63, 3.8) is 0 Å². The van der Waals surface area contributed by atoms with Crippen LogP contribution in [0, 0.1) is 0 Å². The van der Waals surface area contributed by atoms with Crippen LogP contribution in [0.4, 0.5) is 5.69 Å². The second kappa shape index (κ2) is 7.35. The van der Waals surface area contributed by atoms with Gasteiger partial charge in [0.2, 0.25) is 5.91 Å². The maximum absolute atomic E-state index is 12.6. The van der Waals surface area contributed by atoms with Crippen molar-refractivity contribution in [2.75, 3.05) is 4.90 Å². The van der Waals surface area contributed by atoms with Crippen LogP contribution in [0.2, 0.25) is 0 Å². The molecule has 0 radical (unpaired) electrons. The summed E-state index contributed by atoms with van der Waals surface area (Å²) in [6.07, 6.45) is 1.27. The number of carbonyl (C=O) groups excluding carboxylic acids is 1. The number of thioether (sulfide) groups is 1. The second-order valence-electron chi connectivity index (χ2n) is 5.26. The van der Waals surface area contributed by atoms with E-state index in [1.165, 1.54) is 11.2 Å². The molecule has 1 atom stereocenters. The Morgan fingerprint density at radius 3 is 2.68 bits per heavy atom. The van der Waals surface area contributed by atoms with Crippen molar-refractivity contribution in [2.45, 2.75) is 18.6 Å². The predicted molar refractivity (Wildman–Crippen MR) is 95.9 cm³/mol. The number of rotatable bonds is 5. The molecule has 0 spiro atoms. The molecule has 128 valence electrons. The molecule has 8 heteroatoms. The fourth-order valence-electron chi connectivity index (χ4n) is 2.29. The van der Waals surface area contributed by atoms with Crippen LogP contribution in [-0.4, -0.2) is 33.1 Å². The summed E-state index contributed by atoms with van der Waals surface area (Å²) in [5.41, 5.74) is 1.18. The molecule has 1 aromatic carbocycles. The number of carbonyl (C=O) groups is 2. The summed E-state index contributed by atoms with van der Waals surface area (Å²) in [5, 5.41) is 16.9. The fraction of sp³-hybridized carbons (Fsp3) is 0.176. The van der Waals surface area contributed by atoms with Gasteiger partial charge in [0.15, 0.2) is 5.17 Å². The molecule has 1 aliphatic heterocycles. The van der Waals surface area contributed by atoms with E-state index in [2.05, 4.69) is 10.2 Å². The molecule has 0 saturated carbocycles. The molecule has 7 nitrogen and oxygen atoms in total. The quantitative estimate of drug-likeness (QED) is 0.655. The van der Waals surface area contributed by atoms with E-state index in [1.807, 2.05) is 6.07 Å². The van der Waals surface area contributed by atoms with E-state index in [0.29, 0.717) is 22.3 Å². The molecular weight excluding hydrogens is 342 g/mol. The molecule has 0 bridgehead atoms. The molecule has 1 aliphatic rings. The van der Waals surface area contributed by atoms with Crippen molar-refractivity contribution in [2.24, 2.45) is 10.2 Å². The number of furan rings is 1. The number of carboxylic acid groups (broad SMARTS) is 1. The van der Waals surface area contributed by atoms with Gasteiger partial charge >= 0.3 is 5.97 Å². The van der Waals surface area contributed by atoms with Crippen LogP contribution in [0.3, 0.4) is 0 Å². The molecule has 1 fully saturated rings. The van der Waals surface area contributed by atoms with Crippen LogP contribution in [0.5, 0.6) is 0 Å². The largest absolute Gasteiger partial charge is 0.481 e. The Labute approximate surface area is 148 Å². The molecule has 0 aliphatic carbocycles.